The van der Waals surface area contributed by atoms with Gasteiger partial charge in [-0.3, -0.25) is 0 Å². The molecule has 0 N–H and O–H groups in total. The topological polar surface area (TPSA) is 47.9 Å². The summed E-state index contributed by atoms with van der Waals surface area (Å²) in [5, 5.41) is 1.08. The SMILES string of the molecule is CCc1nc2cnc(OC)nc2s1. The van der Waals surface area contributed by atoms with Crippen molar-refractivity contribution in [3.63, 3.8) is 0 Å². The number of thiazole rings is 1. The zero-order chi connectivity index (χ0) is 9.26. The van der Waals surface area contributed by atoms with Crippen molar-refractivity contribution in [3.8, 4) is 6.01 Å². The molecule has 2 aromatic rings. The van der Waals surface area contributed by atoms with Crippen LogP contribution in [0.3, 0.4) is 0 Å². The predicted molar refractivity (Wildman–Crippen MR) is 51.1 cm³/mol. The lowest BCUT2D eigenvalue weighted by Crippen LogP contribution is -1.89. The van der Waals surface area contributed by atoms with Gasteiger partial charge in [-0.05, 0) is 6.42 Å². The van der Waals surface area contributed by atoms with Crippen molar-refractivity contribution >= 4 is 21.7 Å². The number of hydrogen-bond acceptors (Lipinski definition) is 5. The Morgan fingerprint density at radius 2 is 2.31 bits per heavy atom. The van der Waals surface area contributed by atoms with Crippen LogP contribution >= 0.6 is 11.3 Å². The molecule has 0 amide bonds. The molecule has 0 atom stereocenters. The first-order valence-corrected chi connectivity index (χ1v) is 4.81. The van der Waals surface area contributed by atoms with E-state index < -0.39 is 0 Å². The molecule has 2 aromatic heterocycles. The number of aryl methyl sites for hydroxylation is 1. The van der Waals surface area contributed by atoms with Gasteiger partial charge in [0.1, 0.15) is 5.52 Å². The van der Waals surface area contributed by atoms with Crippen LogP contribution in [0.1, 0.15) is 11.9 Å². The van der Waals surface area contributed by atoms with Crippen LogP contribution in [-0.4, -0.2) is 22.1 Å². The second kappa shape index (κ2) is 3.26. The fourth-order valence-corrected chi connectivity index (χ4v) is 1.85. The van der Waals surface area contributed by atoms with E-state index in [9.17, 15) is 0 Å². The summed E-state index contributed by atoms with van der Waals surface area (Å²) < 4.78 is 4.92. The third-order valence-corrected chi connectivity index (χ3v) is 2.77. The standard InChI is InChI=1S/C8H9N3OS/c1-3-6-10-5-4-9-8(12-2)11-7(5)13-6/h4H,3H2,1-2H3. The number of hydrogen-bond donors (Lipinski definition) is 0. The van der Waals surface area contributed by atoms with Gasteiger partial charge in [0.2, 0.25) is 0 Å². The van der Waals surface area contributed by atoms with Crippen LogP contribution in [-0.2, 0) is 6.42 Å². The summed E-state index contributed by atoms with van der Waals surface area (Å²) in [4.78, 5) is 13.4. The zero-order valence-electron chi connectivity index (χ0n) is 7.44. The zero-order valence-corrected chi connectivity index (χ0v) is 8.26. The highest BCUT2D eigenvalue weighted by Crippen LogP contribution is 2.20. The maximum atomic E-state index is 4.92. The van der Waals surface area contributed by atoms with Crippen molar-refractivity contribution in [2.75, 3.05) is 7.11 Å². The van der Waals surface area contributed by atoms with Gasteiger partial charge in [0, 0.05) is 0 Å². The van der Waals surface area contributed by atoms with Crippen LogP contribution in [0.2, 0.25) is 0 Å². The van der Waals surface area contributed by atoms with Gasteiger partial charge in [-0.25, -0.2) is 9.97 Å². The third kappa shape index (κ3) is 1.47. The van der Waals surface area contributed by atoms with Crippen molar-refractivity contribution in [2.24, 2.45) is 0 Å². The molecule has 0 aliphatic rings. The summed E-state index contributed by atoms with van der Waals surface area (Å²) in [6.07, 6.45) is 2.63. The first-order chi connectivity index (χ1) is 6.33. The molecule has 0 bridgehead atoms. The molecule has 13 heavy (non-hydrogen) atoms. The number of methoxy groups -OCH3 is 1. The average molecular weight is 195 g/mol. The van der Waals surface area contributed by atoms with Crippen molar-refractivity contribution in [2.45, 2.75) is 13.3 Å². The summed E-state index contributed by atoms with van der Waals surface area (Å²) in [6, 6.07) is 0.402. The molecule has 0 aliphatic carbocycles. The number of ether oxygens (including phenoxy) is 1. The largest absolute Gasteiger partial charge is 0.467 e. The van der Waals surface area contributed by atoms with E-state index in [1.807, 2.05) is 0 Å². The minimum absolute atomic E-state index is 0.402. The monoisotopic (exact) mass is 195 g/mol. The minimum Gasteiger partial charge on any atom is -0.467 e. The Balaban J connectivity index is 2.57. The van der Waals surface area contributed by atoms with Gasteiger partial charge >= 0.3 is 6.01 Å². The van der Waals surface area contributed by atoms with Crippen LogP contribution < -0.4 is 4.74 Å². The van der Waals surface area contributed by atoms with E-state index in [4.69, 9.17) is 4.74 Å². The highest BCUT2D eigenvalue weighted by molar-refractivity contribution is 7.18. The van der Waals surface area contributed by atoms with Crippen molar-refractivity contribution in [3.05, 3.63) is 11.2 Å². The lowest BCUT2D eigenvalue weighted by atomic mass is 10.5. The molecule has 0 spiro atoms. The van der Waals surface area contributed by atoms with Crippen LogP contribution in [0.5, 0.6) is 6.01 Å². The number of rotatable bonds is 2. The fourth-order valence-electron chi connectivity index (χ4n) is 1.01. The molecule has 68 valence electrons. The average Bonchev–Trinajstić information content (AvgIpc) is 2.58. The Hall–Kier alpha value is -1.23. The van der Waals surface area contributed by atoms with E-state index in [0.29, 0.717) is 6.01 Å². The summed E-state index contributed by atoms with van der Waals surface area (Å²) in [5.74, 6) is 0. The van der Waals surface area contributed by atoms with Gasteiger partial charge in [0.05, 0.1) is 18.3 Å². The van der Waals surface area contributed by atoms with E-state index in [-0.39, 0.29) is 0 Å². The van der Waals surface area contributed by atoms with Gasteiger partial charge in [0.15, 0.2) is 4.83 Å². The molecule has 5 heteroatoms. The molecule has 2 heterocycles. The molecule has 2 rings (SSSR count). The van der Waals surface area contributed by atoms with Gasteiger partial charge in [-0.2, -0.15) is 4.98 Å². The number of fused-ring (bicyclic) bond motifs is 1. The van der Waals surface area contributed by atoms with E-state index >= 15 is 0 Å². The molecule has 0 unspecified atom stereocenters. The van der Waals surface area contributed by atoms with Gasteiger partial charge in [0.25, 0.3) is 0 Å². The fraction of sp³-hybridized carbons (Fsp3) is 0.375. The third-order valence-electron chi connectivity index (χ3n) is 1.66. The molecule has 0 aromatic carbocycles. The van der Waals surface area contributed by atoms with E-state index in [2.05, 4.69) is 21.9 Å². The maximum Gasteiger partial charge on any atom is 0.317 e. The van der Waals surface area contributed by atoms with Gasteiger partial charge < -0.3 is 4.74 Å². The second-order valence-electron chi connectivity index (χ2n) is 2.51. The Labute approximate surface area is 79.6 Å². The summed E-state index contributed by atoms with van der Waals surface area (Å²) in [6.45, 7) is 2.07. The smallest absolute Gasteiger partial charge is 0.317 e. The summed E-state index contributed by atoms with van der Waals surface area (Å²) >= 11 is 1.58. The Kier molecular flexibility index (Phi) is 2.10. The van der Waals surface area contributed by atoms with E-state index in [1.54, 1.807) is 24.6 Å². The van der Waals surface area contributed by atoms with E-state index in [1.165, 1.54) is 0 Å². The summed E-state index contributed by atoms with van der Waals surface area (Å²) in [5.41, 5.74) is 0.850. The van der Waals surface area contributed by atoms with Crippen LogP contribution in [0, 0.1) is 0 Å². The van der Waals surface area contributed by atoms with Crippen LogP contribution in [0.4, 0.5) is 0 Å². The quantitative estimate of drug-likeness (QED) is 0.731. The summed E-state index contributed by atoms with van der Waals surface area (Å²) in [7, 11) is 1.56. The van der Waals surface area contributed by atoms with E-state index in [0.717, 1.165) is 21.8 Å². The highest BCUT2D eigenvalue weighted by Gasteiger charge is 2.05. The number of aromatic nitrogens is 3. The molecule has 0 aliphatic heterocycles. The van der Waals surface area contributed by atoms with Gasteiger partial charge in [-0.1, -0.05) is 18.3 Å². The van der Waals surface area contributed by atoms with Crippen LogP contribution in [0.15, 0.2) is 6.20 Å². The predicted octanol–water partition coefficient (Wildman–Crippen LogP) is 1.66. The first kappa shape index (κ1) is 8.37. The van der Waals surface area contributed by atoms with Crippen molar-refractivity contribution < 1.29 is 4.74 Å². The molecule has 0 saturated heterocycles. The van der Waals surface area contributed by atoms with Gasteiger partial charge in [-0.15, -0.1) is 0 Å². The maximum absolute atomic E-state index is 4.92. The lowest BCUT2D eigenvalue weighted by molar-refractivity contribution is 0.382. The second-order valence-corrected chi connectivity index (χ2v) is 3.57. The molecular formula is C8H9N3OS. The molecule has 4 nitrogen and oxygen atoms in total. The lowest BCUT2D eigenvalue weighted by Gasteiger charge is -1.93. The highest BCUT2D eigenvalue weighted by atomic mass is 32.1. The molecule has 0 radical (unpaired) electrons. The Bertz CT molecular complexity index is 424. The number of nitrogens with zero attached hydrogens (tertiary/aromatic N) is 3. The first-order valence-electron chi connectivity index (χ1n) is 4.00. The van der Waals surface area contributed by atoms with Crippen molar-refractivity contribution in [1.29, 1.82) is 0 Å². The molecule has 0 saturated carbocycles. The Morgan fingerprint density at radius 1 is 1.46 bits per heavy atom. The molecular weight excluding hydrogens is 186 g/mol. The Morgan fingerprint density at radius 3 is 3.00 bits per heavy atom. The normalized spacial score (nSPS) is 10.6. The van der Waals surface area contributed by atoms with Crippen molar-refractivity contribution in [1.82, 2.24) is 15.0 Å². The molecule has 0 fully saturated rings. The van der Waals surface area contributed by atoms with Crippen LogP contribution in [0.25, 0.3) is 10.3 Å². The minimum atomic E-state index is 0.402.